The molecule has 114 valence electrons. The summed E-state index contributed by atoms with van der Waals surface area (Å²) in [7, 11) is 0. The van der Waals surface area contributed by atoms with Crippen molar-refractivity contribution in [2.75, 3.05) is 19.8 Å². The molecule has 0 bridgehead atoms. The molecule has 2 aromatic carbocycles. The van der Waals surface area contributed by atoms with E-state index in [9.17, 15) is 0 Å². The summed E-state index contributed by atoms with van der Waals surface area (Å²) >= 11 is 0. The summed E-state index contributed by atoms with van der Waals surface area (Å²) in [6, 6.07) is 14.6. The van der Waals surface area contributed by atoms with Crippen LogP contribution in [0.15, 0.2) is 42.5 Å². The van der Waals surface area contributed by atoms with Crippen molar-refractivity contribution < 1.29 is 14.2 Å². The Kier molecular flexibility index (Phi) is 3.60. The first-order valence-corrected chi connectivity index (χ1v) is 7.74. The molecule has 2 aliphatic rings. The van der Waals surface area contributed by atoms with Gasteiger partial charge in [0.2, 0.25) is 0 Å². The number of hydrogen-bond acceptors (Lipinski definition) is 4. The molecule has 1 atom stereocenters. The quantitative estimate of drug-likeness (QED) is 0.945. The topological polar surface area (TPSA) is 39.7 Å². The van der Waals surface area contributed by atoms with Gasteiger partial charge < -0.3 is 19.5 Å². The molecule has 1 N–H and O–H groups in total. The number of nitrogens with one attached hydrogen (secondary N) is 1. The monoisotopic (exact) mass is 297 g/mol. The maximum atomic E-state index is 5.77. The predicted octanol–water partition coefficient (Wildman–Crippen LogP) is 3.07. The standard InChI is InChI=1S/C18H19NO3/c1-2-6-16-14(5-1)15(8-9-20-16)19-12-13-4-3-7-17-18(13)22-11-10-21-17/h1-7,15,19H,8-12H2. The minimum absolute atomic E-state index is 0.310. The summed E-state index contributed by atoms with van der Waals surface area (Å²) in [6.45, 7) is 2.74. The largest absolute Gasteiger partial charge is 0.493 e. The lowest BCUT2D eigenvalue weighted by Crippen LogP contribution is -2.27. The van der Waals surface area contributed by atoms with E-state index in [0.717, 1.165) is 42.4 Å². The molecule has 0 amide bonds. The van der Waals surface area contributed by atoms with Gasteiger partial charge in [0.1, 0.15) is 19.0 Å². The second-order valence-electron chi connectivity index (χ2n) is 5.55. The van der Waals surface area contributed by atoms with Crippen LogP contribution in [0, 0.1) is 0 Å². The summed E-state index contributed by atoms with van der Waals surface area (Å²) in [4.78, 5) is 0. The third-order valence-electron chi connectivity index (χ3n) is 4.15. The molecule has 4 nitrogen and oxygen atoms in total. The lowest BCUT2D eigenvalue weighted by molar-refractivity contribution is 0.169. The second kappa shape index (κ2) is 5.89. The summed E-state index contributed by atoms with van der Waals surface area (Å²) in [5, 5.41) is 3.63. The Morgan fingerprint density at radius 3 is 2.68 bits per heavy atom. The van der Waals surface area contributed by atoms with Gasteiger partial charge in [-0.15, -0.1) is 0 Å². The molecule has 0 saturated heterocycles. The van der Waals surface area contributed by atoms with E-state index in [0.29, 0.717) is 19.3 Å². The Balaban J connectivity index is 1.52. The fourth-order valence-electron chi connectivity index (χ4n) is 3.06. The molecule has 2 heterocycles. The Morgan fingerprint density at radius 2 is 1.68 bits per heavy atom. The number of ether oxygens (including phenoxy) is 3. The van der Waals surface area contributed by atoms with E-state index in [4.69, 9.17) is 14.2 Å². The van der Waals surface area contributed by atoms with E-state index in [1.54, 1.807) is 0 Å². The van der Waals surface area contributed by atoms with Gasteiger partial charge in [0.25, 0.3) is 0 Å². The van der Waals surface area contributed by atoms with Gasteiger partial charge in [-0.3, -0.25) is 0 Å². The Morgan fingerprint density at radius 1 is 0.864 bits per heavy atom. The number of fused-ring (bicyclic) bond motifs is 2. The summed E-state index contributed by atoms with van der Waals surface area (Å²) in [6.07, 6.45) is 0.976. The average molecular weight is 297 g/mol. The third kappa shape index (κ3) is 2.50. The molecule has 1 unspecified atom stereocenters. The Labute approximate surface area is 130 Å². The minimum Gasteiger partial charge on any atom is -0.493 e. The minimum atomic E-state index is 0.310. The number of hydrogen-bond donors (Lipinski definition) is 1. The molecular weight excluding hydrogens is 278 g/mol. The van der Waals surface area contributed by atoms with Crippen LogP contribution in [-0.4, -0.2) is 19.8 Å². The molecule has 0 aromatic heterocycles. The predicted molar refractivity (Wildman–Crippen MR) is 83.6 cm³/mol. The Bertz CT molecular complexity index is 671. The van der Waals surface area contributed by atoms with Crippen LogP contribution in [0.1, 0.15) is 23.6 Å². The van der Waals surface area contributed by atoms with Gasteiger partial charge in [0.15, 0.2) is 11.5 Å². The lowest BCUT2D eigenvalue weighted by Gasteiger charge is -2.27. The SMILES string of the molecule is c1ccc2c(c1)OCCC2NCc1cccc2c1OCCO2. The Hall–Kier alpha value is -2.20. The molecule has 0 spiro atoms. The zero-order chi connectivity index (χ0) is 14.8. The first-order valence-electron chi connectivity index (χ1n) is 7.74. The van der Waals surface area contributed by atoms with E-state index < -0.39 is 0 Å². The average Bonchev–Trinajstić information content (AvgIpc) is 2.60. The van der Waals surface area contributed by atoms with Crippen LogP contribution < -0.4 is 19.5 Å². The molecule has 0 radical (unpaired) electrons. The normalized spacial score (nSPS) is 19.2. The van der Waals surface area contributed by atoms with Crippen molar-refractivity contribution in [3.63, 3.8) is 0 Å². The van der Waals surface area contributed by atoms with E-state index >= 15 is 0 Å². The van der Waals surface area contributed by atoms with Crippen molar-refractivity contribution in [3.8, 4) is 17.2 Å². The fraction of sp³-hybridized carbons (Fsp3) is 0.333. The van der Waals surface area contributed by atoms with Crippen LogP contribution in [0.2, 0.25) is 0 Å². The van der Waals surface area contributed by atoms with Crippen LogP contribution in [-0.2, 0) is 6.54 Å². The van der Waals surface area contributed by atoms with Crippen molar-refractivity contribution in [1.29, 1.82) is 0 Å². The van der Waals surface area contributed by atoms with Crippen molar-refractivity contribution >= 4 is 0 Å². The maximum Gasteiger partial charge on any atom is 0.165 e. The summed E-state index contributed by atoms with van der Waals surface area (Å²) in [5.41, 5.74) is 2.37. The highest BCUT2D eigenvalue weighted by Crippen LogP contribution is 2.35. The number of rotatable bonds is 3. The molecule has 0 fully saturated rings. The second-order valence-corrected chi connectivity index (χ2v) is 5.55. The molecule has 22 heavy (non-hydrogen) atoms. The lowest BCUT2D eigenvalue weighted by atomic mass is 10.00. The van der Waals surface area contributed by atoms with Gasteiger partial charge in [-0.05, 0) is 12.1 Å². The molecule has 0 aliphatic carbocycles. The van der Waals surface area contributed by atoms with Crippen molar-refractivity contribution in [2.24, 2.45) is 0 Å². The van der Waals surface area contributed by atoms with Crippen LogP contribution in [0.25, 0.3) is 0 Å². The van der Waals surface area contributed by atoms with E-state index in [-0.39, 0.29) is 0 Å². The van der Waals surface area contributed by atoms with Gasteiger partial charge in [-0.25, -0.2) is 0 Å². The van der Waals surface area contributed by atoms with Gasteiger partial charge in [0, 0.05) is 30.1 Å². The third-order valence-corrected chi connectivity index (χ3v) is 4.15. The van der Waals surface area contributed by atoms with Gasteiger partial charge in [-0.2, -0.15) is 0 Å². The zero-order valence-corrected chi connectivity index (χ0v) is 12.4. The van der Waals surface area contributed by atoms with Crippen LogP contribution in [0.3, 0.4) is 0 Å². The van der Waals surface area contributed by atoms with E-state index in [1.165, 1.54) is 5.56 Å². The van der Waals surface area contributed by atoms with Crippen LogP contribution in [0.5, 0.6) is 17.2 Å². The molecule has 2 aromatic rings. The first-order chi connectivity index (χ1) is 10.9. The van der Waals surface area contributed by atoms with Gasteiger partial charge in [0.05, 0.1) is 6.61 Å². The zero-order valence-electron chi connectivity index (χ0n) is 12.4. The van der Waals surface area contributed by atoms with Crippen molar-refractivity contribution in [3.05, 3.63) is 53.6 Å². The van der Waals surface area contributed by atoms with Gasteiger partial charge in [-0.1, -0.05) is 30.3 Å². The summed E-state index contributed by atoms with van der Waals surface area (Å²) < 4.78 is 17.1. The van der Waals surface area contributed by atoms with Gasteiger partial charge >= 0.3 is 0 Å². The molecule has 2 aliphatic heterocycles. The van der Waals surface area contributed by atoms with Crippen LogP contribution >= 0.6 is 0 Å². The molecular formula is C18H19NO3. The number of benzene rings is 2. The maximum absolute atomic E-state index is 5.77. The van der Waals surface area contributed by atoms with E-state index in [2.05, 4.69) is 23.5 Å². The fourth-order valence-corrected chi connectivity index (χ4v) is 3.06. The molecule has 4 rings (SSSR count). The molecule has 4 heteroatoms. The van der Waals surface area contributed by atoms with Crippen LogP contribution in [0.4, 0.5) is 0 Å². The smallest absolute Gasteiger partial charge is 0.165 e. The summed E-state index contributed by atoms with van der Waals surface area (Å²) in [5.74, 6) is 2.71. The van der Waals surface area contributed by atoms with Crippen molar-refractivity contribution in [1.82, 2.24) is 5.32 Å². The van der Waals surface area contributed by atoms with Crippen molar-refractivity contribution in [2.45, 2.75) is 19.0 Å². The first kappa shape index (κ1) is 13.5. The highest BCUT2D eigenvalue weighted by molar-refractivity contribution is 5.47. The number of para-hydroxylation sites is 2. The molecule has 0 saturated carbocycles. The highest BCUT2D eigenvalue weighted by Gasteiger charge is 2.22. The van der Waals surface area contributed by atoms with E-state index in [1.807, 2.05) is 24.3 Å². The highest BCUT2D eigenvalue weighted by atomic mass is 16.6.